The van der Waals surface area contributed by atoms with Gasteiger partial charge in [0.15, 0.2) is 0 Å². The van der Waals surface area contributed by atoms with Crippen LogP contribution in [0.2, 0.25) is 0 Å². The first-order chi connectivity index (χ1) is 12.1. The molecular weight excluding hydrogens is 316 g/mol. The fourth-order valence-corrected chi connectivity index (χ4v) is 3.23. The maximum Gasteiger partial charge on any atom is 0.322 e. The molecule has 1 unspecified atom stereocenters. The van der Waals surface area contributed by atoms with Gasteiger partial charge in [0, 0.05) is 37.2 Å². The van der Waals surface area contributed by atoms with Gasteiger partial charge in [-0.25, -0.2) is 4.79 Å². The second-order valence-corrected chi connectivity index (χ2v) is 6.22. The number of aromatic nitrogens is 1. The molecule has 2 N–H and O–H groups in total. The Kier molecular flexibility index (Phi) is 4.97. The Balaban J connectivity index is 1.77. The van der Waals surface area contributed by atoms with Gasteiger partial charge in [0.1, 0.15) is 0 Å². The van der Waals surface area contributed by atoms with Gasteiger partial charge in [-0.2, -0.15) is 0 Å². The summed E-state index contributed by atoms with van der Waals surface area (Å²) in [5, 5.41) is 5.77. The average molecular weight is 338 g/mol. The van der Waals surface area contributed by atoms with Crippen LogP contribution in [0.15, 0.2) is 42.7 Å². The second kappa shape index (κ2) is 7.34. The van der Waals surface area contributed by atoms with Gasteiger partial charge in [-0.3, -0.25) is 9.78 Å². The number of pyridine rings is 1. The molecular formula is C19H22N4O2. The van der Waals surface area contributed by atoms with E-state index in [4.69, 9.17) is 0 Å². The first-order valence-corrected chi connectivity index (χ1v) is 8.41. The lowest BCUT2D eigenvalue weighted by atomic mass is 10.1. The number of anilines is 2. The maximum atomic E-state index is 12.8. The van der Waals surface area contributed by atoms with E-state index in [1.54, 1.807) is 12.4 Å². The van der Waals surface area contributed by atoms with Crippen molar-refractivity contribution in [2.24, 2.45) is 0 Å². The van der Waals surface area contributed by atoms with Gasteiger partial charge < -0.3 is 15.5 Å². The first kappa shape index (κ1) is 17.0. The average Bonchev–Trinajstić information content (AvgIpc) is 3.09. The van der Waals surface area contributed by atoms with Gasteiger partial charge in [-0.05, 0) is 55.2 Å². The second-order valence-electron chi connectivity index (χ2n) is 6.22. The number of carbonyl (C=O) groups is 2. The van der Waals surface area contributed by atoms with Crippen LogP contribution in [-0.4, -0.2) is 28.4 Å². The summed E-state index contributed by atoms with van der Waals surface area (Å²) >= 11 is 0. The number of carbonyl (C=O) groups excluding carboxylic acids is 2. The number of benzene rings is 1. The van der Waals surface area contributed by atoms with Crippen LogP contribution in [0.4, 0.5) is 16.2 Å². The molecule has 1 aliphatic heterocycles. The van der Waals surface area contributed by atoms with Crippen LogP contribution in [0.25, 0.3) is 0 Å². The summed E-state index contributed by atoms with van der Waals surface area (Å²) in [4.78, 5) is 30.0. The molecule has 6 nitrogen and oxygen atoms in total. The summed E-state index contributed by atoms with van der Waals surface area (Å²) in [5.41, 5.74) is 3.35. The molecule has 0 bridgehead atoms. The molecule has 2 heterocycles. The molecule has 130 valence electrons. The van der Waals surface area contributed by atoms with Crippen molar-refractivity contribution < 1.29 is 9.59 Å². The number of urea groups is 1. The number of rotatable bonds is 3. The third kappa shape index (κ3) is 3.79. The van der Waals surface area contributed by atoms with Crippen molar-refractivity contribution in [1.82, 2.24) is 9.88 Å². The normalized spacial score (nSPS) is 16.6. The molecule has 1 aromatic carbocycles. The van der Waals surface area contributed by atoms with Crippen molar-refractivity contribution in [1.29, 1.82) is 0 Å². The molecule has 2 aromatic rings. The fourth-order valence-electron chi connectivity index (χ4n) is 3.23. The molecule has 3 amide bonds. The molecule has 1 saturated heterocycles. The van der Waals surface area contributed by atoms with E-state index >= 15 is 0 Å². The number of likely N-dealkylation sites (tertiary alicyclic amines) is 1. The van der Waals surface area contributed by atoms with Crippen LogP contribution in [-0.2, 0) is 4.79 Å². The summed E-state index contributed by atoms with van der Waals surface area (Å²) < 4.78 is 0. The largest absolute Gasteiger partial charge is 0.326 e. The zero-order valence-corrected chi connectivity index (χ0v) is 14.5. The first-order valence-electron chi connectivity index (χ1n) is 8.41. The van der Waals surface area contributed by atoms with E-state index in [-0.39, 0.29) is 18.0 Å². The lowest BCUT2D eigenvalue weighted by Crippen LogP contribution is -2.34. The molecule has 0 spiro atoms. The van der Waals surface area contributed by atoms with E-state index < -0.39 is 0 Å². The summed E-state index contributed by atoms with van der Waals surface area (Å²) in [6, 6.07) is 9.35. The number of amides is 3. The lowest BCUT2D eigenvalue weighted by molar-refractivity contribution is -0.114. The zero-order chi connectivity index (χ0) is 17.8. The molecule has 0 saturated carbocycles. The highest BCUT2D eigenvalue weighted by Crippen LogP contribution is 2.32. The van der Waals surface area contributed by atoms with E-state index in [2.05, 4.69) is 15.6 Å². The van der Waals surface area contributed by atoms with Crippen molar-refractivity contribution in [3.8, 4) is 0 Å². The summed E-state index contributed by atoms with van der Waals surface area (Å²) in [7, 11) is 0. The predicted molar refractivity (Wildman–Crippen MR) is 97.4 cm³/mol. The molecule has 1 atom stereocenters. The van der Waals surface area contributed by atoms with Gasteiger partial charge >= 0.3 is 6.03 Å². The van der Waals surface area contributed by atoms with Crippen LogP contribution >= 0.6 is 0 Å². The Labute approximate surface area is 147 Å². The van der Waals surface area contributed by atoms with E-state index in [0.29, 0.717) is 11.4 Å². The molecule has 25 heavy (non-hydrogen) atoms. The Morgan fingerprint density at radius 1 is 1.12 bits per heavy atom. The van der Waals surface area contributed by atoms with Gasteiger partial charge in [-0.1, -0.05) is 6.07 Å². The predicted octanol–water partition coefficient (Wildman–Crippen LogP) is 3.72. The molecule has 1 aromatic heterocycles. The Morgan fingerprint density at radius 3 is 2.48 bits per heavy atom. The van der Waals surface area contributed by atoms with Crippen molar-refractivity contribution >= 4 is 23.3 Å². The minimum Gasteiger partial charge on any atom is -0.326 e. The van der Waals surface area contributed by atoms with E-state index in [1.165, 1.54) is 6.92 Å². The van der Waals surface area contributed by atoms with Gasteiger partial charge in [0.05, 0.1) is 6.04 Å². The topological polar surface area (TPSA) is 74.3 Å². The minimum absolute atomic E-state index is 0.0711. The fraction of sp³-hybridized carbons (Fsp3) is 0.316. The quantitative estimate of drug-likeness (QED) is 0.896. The van der Waals surface area contributed by atoms with Gasteiger partial charge in [0.2, 0.25) is 5.91 Å². The highest BCUT2D eigenvalue weighted by molar-refractivity contribution is 5.94. The summed E-state index contributed by atoms with van der Waals surface area (Å²) in [6.07, 6.45) is 5.43. The van der Waals surface area contributed by atoms with Crippen molar-refractivity contribution in [3.63, 3.8) is 0 Å². The van der Waals surface area contributed by atoms with Crippen LogP contribution < -0.4 is 10.6 Å². The number of nitrogens with one attached hydrogen (secondary N) is 2. The highest BCUT2D eigenvalue weighted by atomic mass is 16.2. The maximum absolute atomic E-state index is 12.8. The Morgan fingerprint density at radius 2 is 1.80 bits per heavy atom. The zero-order valence-electron chi connectivity index (χ0n) is 14.5. The molecule has 0 radical (unpaired) electrons. The number of hydrogen-bond acceptors (Lipinski definition) is 3. The van der Waals surface area contributed by atoms with E-state index in [1.807, 2.05) is 42.2 Å². The van der Waals surface area contributed by atoms with Crippen LogP contribution in [0.3, 0.4) is 0 Å². The van der Waals surface area contributed by atoms with Crippen molar-refractivity contribution in [3.05, 3.63) is 53.9 Å². The van der Waals surface area contributed by atoms with Gasteiger partial charge in [-0.15, -0.1) is 0 Å². The Bertz CT molecular complexity index is 776. The lowest BCUT2D eigenvalue weighted by Gasteiger charge is -2.26. The third-order valence-corrected chi connectivity index (χ3v) is 4.49. The van der Waals surface area contributed by atoms with Gasteiger partial charge in [0.25, 0.3) is 0 Å². The number of hydrogen-bond donors (Lipinski definition) is 2. The SMILES string of the molecule is CC(=O)Nc1cccc(NC(=O)N2CCCC2c2ccncc2)c1C. The van der Waals surface area contributed by atoms with Crippen molar-refractivity contribution in [2.45, 2.75) is 32.7 Å². The molecule has 0 aliphatic carbocycles. The molecule has 3 rings (SSSR count). The smallest absolute Gasteiger partial charge is 0.322 e. The van der Waals surface area contributed by atoms with E-state index in [9.17, 15) is 9.59 Å². The summed E-state index contributed by atoms with van der Waals surface area (Å²) in [5.74, 6) is -0.135. The molecule has 6 heteroatoms. The minimum atomic E-state index is -0.135. The third-order valence-electron chi connectivity index (χ3n) is 4.49. The van der Waals surface area contributed by atoms with Crippen LogP contribution in [0.5, 0.6) is 0 Å². The van der Waals surface area contributed by atoms with E-state index in [0.717, 1.165) is 30.5 Å². The number of nitrogens with zero attached hydrogens (tertiary/aromatic N) is 2. The monoisotopic (exact) mass is 338 g/mol. The Hall–Kier alpha value is -2.89. The summed E-state index contributed by atoms with van der Waals surface area (Å²) in [6.45, 7) is 4.07. The van der Waals surface area contributed by atoms with Crippen LogP contribution in [0.1, 0.15) is 36.9 Å². The van der Waals surface area contributed by atoms with Crippen molar-refractivity contribution in [2.75, 3.05) is 17.2 Å². The molecule has 1 fully saturated rings. The standard InChI is InChI=1S/C19H22N4O2/c1-13-16(21-14(2)24)5-3-6-17(13)22-19(25)23-12-4-7-18(23)15-8-10-20-11-9-15/h3,5-6,8-11,18H,4,7,12H2,1-2H3,(H,21,24)(H,22,25). The molecule has 1 aliphatic rings. The van der Waals surface area contributed by atoms with Crippen LogP contribution in [0, 0.1) is 6.92 Å². The highest BCUT2D eigenvalue weighted by Gasteiger charge is 2.30.